The molecule has 0 spiro atoms. The number of halogens is 1. The average molecular weight is 394 g/mol. The third kappa shape index (κ3) is 7.34. The molecule has 1 aromatic heterocycles. The van der Waals surface area contributed by atoms with Crippen LogP contribution in [0.2, 0.25) is 0 Å². The Labute approximate surface area is 170 Å². The van der Waals surface area contributed by atoms with Crippen LogP contribution in [0.4, 0.5) is 6.01 Å². The Kier molecular flexibility index (Phi) is 10.00. The molecule has 3 rings (SSSR count). The summed E-state index contributed by atoms with van der Waals surface area (Å²) >= 11 is 0. The highest BCUT2D eigenvalue weighted by Gasteiger charge is 2.15. The molecule has 2 N–H and O–H groups in total. The number of oxazole rings is 1. The summed E-state index contributed by atoms with van der Waals surface area (Å²) in [5.41, 5.74) is 3.25. The van der Waals surface area contributed by atoms with Crippen molar-refractivity contribution >= 4 is 29.5 Å². The second-order valence-corrected chi connectivity index (χ2v) is 7.71. The maximum Gasteiger partial charge on any atom is 0.295 e. The van der Waals surface area contributed by atoms with E-state index in [1.165, 1.54) is 56.9 Å². The first-order valence-electron chi connectivity index (χ1n) is 10.7. The molecule has 2 heterocycles. The zero-order chi connectivity index (χ0) is 18.0. The van der Waals surface area contributed by atoms with Crippen molar-refractivity contribution < 1.29 is 4.42 Å². The fraction of sp³-hybridized carbons (Fsp3) is 0.682. The first-order chi connectivity index (χ1) is 12.8. The number of hydrogen-bond donors (Lipinski definition) is 2. The highest BCUT2D eigenvalue weighted by molar-refractivity contribution is 5.85. The number of unbranched alkanes of at least 4 members (excludes halogenated alkanes) is 7. The number of nitrogens with zero attached hydrogens (tertiary/aromatic N) is 1. The summed E-state index contributed by atoms with van der Waals surface area (Å²) in [6, 6.07) is 7.63. The molecule has 5 heteroatoms. The lowest BCUT2D eigenvalue weighted by Gasteiger charge is -2.22. The fourth-order valence-electron chi connectivity index (χ4n) is 3.79. The lowest BCUT2D eigenvalue weighted by Crippen LogP contribution is -2.35. The number of hydrogen-bond acceptors (Lipinski definition) is 4. The van der Waals surface area contributed by atoms with Gasteiger partial charge in [-0.2, -0.15) is 4.98 Å². The predicted octanol–water partition coefficient (Wildman–Crippen LogP) is 6.10. The number of aromatic nitrogens is 1. The molecule has 1 aliphatic heterocycles. The Morgan fingerprint density at radius 1 is 1.04 bits per heavy atom. The summed E-state index contributed by atoms with van der Waals surface area (Å²) in [5, 5.41) is 6.84. The van der Waals surface area contributed by atoms with Crippen LogP contribution < -0.4 is 10.6 Å². The molecule has 0 radical (unpaired) electrons. The molecule has 1 aliphatic rings. The SMILES string of the molecule is CCCCCCCCCCc1ccc2oc(NC3CCNCC3)nc2c1.Cl. The van der Waals surface area contributed by atoms with E-state index in [2.05, 4.69) is 40.7 Å². The zero-order valence-electron chi connectivity index (χ0n) is 16.8. The van der Waals surface area contributed by atoms with Gasteiger partial charge in [-0.3, -0.25) is 0 Å². The molecule has 1 saturated heterocycles. The van der Waals surface area contributed by atoms with Gasteiger partial charge in [-0.05, 0) is 56.5 Å². The van der Waals surface area contributed by atoms with Gasteiger partial charge in [0.05, 0.1) is 0 Å². The van der Waals surface area contributed by atoms with E-state index in [1.54, 1.807) is 0 Å². The molecule has 2 aromatic rings. The van der Waals surface area contributed by atoms with Gasteiger partial charge in [-0.15, -0.1) is 12.4 Å². The van der Waals surface area contributed by atoms with Gasteiger partial charge >= 0.3 is 0 Å². The van der Waals surface area contributed by atoms with Gasteiger partial charge in [-0.25, -0.2) is 0 Å². The molecule has 27 heavy (non-hydrogen) atoms. The molecular weight excluding hydrogens is 358 g/mol. The predicted molar refractivity (Wildman–Crippen MR) is 117 cm³/mol. The van der Waals surface area contributed by atoms with E-state index in [-0.39, 0.29) is 12.4 Å². The van der Waals surface area contributed by atoms with Crippen molar-refractivity contribution in [2.45, 2.75) is 83.6 Å². The fourth-order valence-corrected chi connectivity index (χ4v) is 3.79. The van der Waals surface area contributed by atoms with Crippen LogP contribution in [0.15, 0.2) is 22.6 Å². The lowest BCUT2D eigenvalue weighted by molar-refractivity contribution is 0.466. The largest absolute Gasteiger partial charge is 0.424 e. The molecule has 0 unspecified atom stereocenters. The number of benzene rings is 1. The van der Waals surface area contributed by atoms with Crippen LogP contribution >= 0.6 is 12.4 Å². The van der Waals surface area contributed by atoms with Crippen LogP contribution in [0, 0.1) is 0 Å². The number of nitrogens with one attached hydrogen (secondary N) is 2. The van der Waals surface area contributed by atoms with Crippen molar-refractivity contribution in [3.63, 3.8) is 0 Å². The Bertz CT molecular complexity index is 652. The minimum Gasteiger partial charge on any atom is -0.424 e. The van der Waals surface area contributed by atoms with Crippen molar-refractivity contribution in [3.05, 3.63) is 23.8 Å². The van der Waals surface area contributed by atoms with Crippen molar-refractivity contribution in [1.29, 1.82) is 0 Å². The van der Waals surface area contributed by atoms with Gasteiger partial charge in [0.25, 0.3) is 6.01 Å². The van der Waals surface area contributed by atoms with E-state index >= 15 is 0 Å². The zero-order valence-corrected chi connectivity index (χ0v) is 17.6. The van der Waals surface area contributed by atoms with Crippen LogP contribution in [0.3, 0.4) is 0 Å². The minimum atomic E-state index is 0. The quantitative estimate of drug-likeness (QED) is 0.453. The Hall–Kier alpha value is -1.26. The molecule has 0 atom stereocenters. The molecule has 0 saturated carbocycles. The molecule has 1 aromatic carbocycles. The van der Waals surface area contributed by atoms with Gasteiger partial charge in [0, 0.05) is 6.04 Å². The lowest BCUT2D eigenvalue weighted by atomic mass is 10.0. The van der Waals surface area contributed by atoms with Gasteiger partial charge in [0.1, 0.15) is 5.52 Å². The third-order valence-corrected chi connectivity index (χ3v) is 5.44. The van der Waals surface area contributed by atoms with E-state index in [0.717, 1.165) is 43.5 Å². The van der Waals surface area contributed by atoms with E-state index in [0.29, 0.717) is 12.1 Å². The van der Waals surface area contributed by atoms with Crippen LogP contribution in [-0.2, 0) is 6.42 Å². The first-order valence-corrected chi connectivity index (χ1v) is 10.7. The smallest absolute Gasteiger partial charge is 0.295 e. The Morgan fingerprint density at radius 2 is 1.74 bits per heavy atom. The van der Waals surface area contributed by atoms with Crippen LogP contribution in [0.1, 0.15) is 76.7 Å². The number of aryl methyl sites for hydroxylation is 1. The van der Waals surface area contributed by atoms with E-state index < -0.39 is 0 Å². The second kappa shape index (κ2) is 12.2. The summed E-state index contributed by atoms with van der Waals surface area (Å²) in [4.78, 5) is 4.66. The summed E-state index contributed by atoms with van der Waals surface area (Å²) in [7, 11) is 0. The number of fused-ring (bicyclic) bond motifs is 1. The molecule has 152 valence electrons. The molecule has 0 aliphatic carbocycles. The highest BCUT2D eigenvalue weighted by atomic mass is 35.5. The standard InChI is InChI=1S/C22H35N3O.ClH/c1-2-3-4-5-6-7-8-9-10-18-11-12-21-20(17-18)25-22(26-21)24-19-13-15-23-16-14-19;/h11-12,17,19,23H,2-10,13-16H2,1H3,(H,24,25);1H. The van der Waals surface area contributed by atoms with Gasteiger partial charge in [-0.1, -0.05) is 57.9 Å². The van der Waals surface area contributed by atoms with Gasteiger partial charge in [0.15, 0.2) is 5.58 Å². The minimum absolute atomic E-state index is 0. The summed E-state index contributed by atoms with van der Waals surface area (Å²) in [6.45, 7) is 4.42. The Balaban J connectivity index is 0.00000261. The molecule has 0 bridgehead atoms. The van der Waals surface area contributed by atoms with E-state index in [4.69, 9.17) is 4.42 Å². The van der Waals surface area contributed by atoms with Gasteiger partial charge in [0.2, 0.25) is 0 Å². The molecule has 0 amide bonds. The topological polar surface area (TPSA) is 50.1 Å². The monoisotopic (exact) mass is 393 g/mol. The summed E-state index contributed by atoms with van der Waals surface area (Å²) in [6.07, 6.45) is 14.3. The van der Waals surface area contributed by atoms with Crippen molar-refractivity contribution in [2.24, 2.45) is 0 Å². The third-order valence-electron chi connectivity index (χ3n) is 5.44. The van der Waals surface area contributed by atoms with E-state index in [1.807, 2.05) is 0 Å². The summed E-state index contributed by atoms with van der Waals surface area (Å²) in [5.74, 6) is 0. The average Bonchev–Trinajstić information content (AvgIpc) is 3.06. The number of piperidine rings is 1. The second-order valence-electron chi connectivity index (χ2n) is 7.71. The van der Waals surface area contributed by atoms with Crippen molar-refractivity contribution in [2.75, 3.05) is 18.4 Å². The van der Waals surface area contributed by atoms with E-state index in [9.17, 15) is 0 Å². The van der Waals surface area contributed by atoms with Crippen molar-refractivity contribution in [1.82, 2.24) is 10.3 Å². The van der Waals surface area contributed by atoms with Gasteiger partial charge < -0.3 is 15.1 Å². The highest BCUT2D eigenvalue weighted by Crippen LogP contribution is 2.23. The molecule has 1 fully saturated rings. The Morgan fingerprint density at radius 3 is 2.48 bits per heavy atom. The van der Waals surface area contributed by atoms with Crippen LogP contribution in [-0.4, -0.2) is 24.1 Å². The maximum atomic E-state index is 5.87. The number of rotatable bonds is 11. The van der Waals surface area contributed by atoms with Crippen molar-refractivity contribution in [3.8, 4) is 0 Å². The molecular formula is C22H36ClN3O. The summed E-state index contributed by atoms with van der Waals surface area (Å²) < 4.78 is 5.87. The maximum absolute atomic E-state index is 5.87. The first kappa shape index (κ1) is 22.0. The normalized spacial score (nSPS) is 15.0. The number of anilines is 1. The van der Waals surface area contributed by atoms with Crippen LogP contribution in [0.5, 0.6) is 0 Å². The molecule has 4 nitrogen and oxygen atoms in total. The van der Waals surface area contributed by atoms with Crippen LogP contribution in [0.25, 0.3) is 11.1 Å².